The minimum Gasteiger partial charge on any atom is -0.488 e. The van der Waals surface area contributed by atoms with Crippen LogP contribution in [0, 0.1) is 0 Å². The molecule has 1 aliphatic rings. The van der Waals surface area contributed by atoms with Gasteiger partial charge in [0.1, 0.15) is 11.4 Å². The second-order valence-corrected chi connectivity index (χ2v) is 7.37. The van der Waals surface area contributed by atoms with Crippen LogP contribution in [0.1, 0.15) is 37.9 Å². The zero-order valence-electron chi connectivity index (χ0n) is 13.8. The SMILES string of the molecule is CC(C)(C)Oc1ccc(N2Cc3ccc(Cl)cc3C2CN)cc1. The molecular formula is C19H23ClN2O. The number of hydrogen-bond donors (Lipinski definition) is 1. The number of hydrogen-bond acceptors (Lipinski definition) is 3. The first-order valence-electron chi connectivity index (χ1n) is 7.91. The summed E-state index contributed by atoms with van der Waals surface area (Å²) in [6, 6.07) is 14.5. The number of anilines is 1. The monoisotopic (exact) mass is 330 g/mol. The van der Waals surface area contributed by atoms with Crippen molar-refractivity contribution in [3.05, 3.63) is 58.6 Å². The first-order valence-corrected chi connectivity index (χ1v) is 8.29. The number of fused-ring (bicyclic) bond motifs is 1. The van der Waals surface area contributed by atoms with E-state index in [2.05, 4.69) is 23.1 Å². The maximum atomic E-state index is 6.15. The highest BCUT2D eigenvalue weighted by atomic mass is 35.5. The molecule has 2 aromatic rings. The van der Waals surface area contributed by atoms with Crippen LogP contribution in [0.4, 0.5) is 5.69 Å². The smallest absolute Gasteiger partial charge is 0.120 e. The van der Waals surface area contributed by atoms with Crippen LogP contribution in [0.5, 0.6) is 5.75 Å². The second-order valence-electron chi connectivity index (χ2n) is 6.93. The highest BCUT2D eigenvalue weighted by Crippen LogP contribution is 2.38. The van der Waals surface area contributed by atoms with Crippen LogP contribution in [0.3, 0.4) is 0 Å². The lowest BCUT2D eigenvalue weighted by atomic mass is 10.1. The quantitative estimate of drug-likeness (QED) is 0.898. The molecule has 0 aliphatic carbocycles. The first-order chi connectivity index (χ1) is 10.9. The van der Waals surface area contributed by atoms with Gasteiger partial charge in [-0.15, -0.1) is 0 Å². The number of benzene rings is 2. The van der Waals surface area contributed by atoms with Gasteiger partial charge >= 0.3 is 0 Å². The van der Waals surface area contributed by atoms with Gasteiger partial charge < -0.3 is 15.4 Å². The molecule has 1 atom stereocenters. The summed E-state index contributed by atoms with van der Waals surface area (Å²) in [6.07, 6.45) is 0. The van der Waals surface area contributed by atoms with Crippen molar-refractivity contribution in [2.24, 2.45) is 5.73 Å². The lowest BCUT2D eigenvalue weighted by Gasteiger charge is -2.27. The van der Waals surface area contributed by atoms with E-state index in [-0.39, 0.29) is 11.6 Å². The van der Waals surface area contributed by atoms with Crippen molar-refractivity contribution in [1.82, 2.24) is 0 Å². The molecule has 122 valence electrons. The predicted molar refractivity (Wildman–Crippen MR) is 96.3 cm³/mol. The van der Waals surface area contributed by atoms with Crippen LogP contribution in [0.25, 0.3) is 0 Å². The van der Waals surface area contributed by atoms with Crippen molar-refractivity contribution < 1.29 is 4.74 Å². The largest absolute Gasteiger partial charge is 0.488 e. The topological polar surface area (TPSA) is 38.5 Å². The average molecular weight is 331 g/mol. The zero-order valence-corrected chi connectivity index (χ0v) is 14.6. The highest BCUT2D eigenvalue weighted by molar-refractivity contribution is 6.30. The third-order valence-corrected chi connectivity index (χ3v) is 4.23. The van der Waals surface area contributed by atoms with Crippen molar-refractivity contribution in [3.8, 4) is 5.75 Å². The van der Waals surface area contributed by atoms with E-state index < -0.39 is 0 Å². The molecule has 0 fully saturated rings. The molecule has 0 saturated heterocycles. The lowest BCUT2D eigenvalue weighted by Crippen LogP contribution is -2.27. The molecule has 4 heteroatoms. The van der Waals surface area contributed by atoms with E-state index in [9.17, 15) is 0 Å². The summed E-state index contributed by atoms with van der Waals surface area (Å²) in [6.45, 7) is 7.56. The van der Waals surface area contributed by atoms with E-state index in [1.165, 1.54) is 11.1 Å². The number of rotatable bonds is 3. The Morgan fingerprint density at radius 3 is 2.48 bits per heavy atom. The Hall–Kier alpha value is -1.71. The highest BCUT2D eigenvalue weighted by Gasteiger charge is 2.29. The fourth-order valence-electron chi connectivity index (χ4n) is 3.07. The molecular weight excluding hydrogens is 308 g/mol. The molecule has 0 radical (unpaired) electrons. The van der Waals surface area contributed by atoms with Crippen molar-refractivity contribution in [2.45, 2.75) is 39.0 Å². The molecule has 0 aromatic heterocycles. The molecule has 23 heavy (non-hydrogen) atoms. The van der Waals surface area contributed by atoms with Crippen molar-refractivity contribution in [2.75, 3.05) is 11.4 Å². The average Bonchev–Trinajstić information content (AvgIpc) is 2.84. The Bertz CT molecular complexity index is 692. The molecule has 2 N–H and O–H groups in total. The molecule has 0 amide bonds. The molecule has 0 bridgehead atoms. The number of ether oxygens (including phenoxy) is 1. The second kappa shape index (κ2) is 6.06. The summed E-state index contributed by atoms with van der Waals surface area (Å²) < 4.78 is 5.89. The minimum absolute atomic E-state index is 0.165. The number of halogens is 1. The first kappa shape index (κ1) is 16.2. The maximum absolute atomic E-state index is 6.15. The van der Waals surface area contributed by atoms with E-state index in [1.54, 1.807) is 0 Å². The summed E-state index contributed by atoms with van der Waals surface area (Å²) in [5, 5.41) is 0.762. The van der Waals surface area contributed by atoms with Gasteiger partial charge in [0.05, 0.1) is 6.04 Å². The van der Waals surface area contributed by atoms with Crippen LogP contribution in [-0.4, -0.2) is 12.1 Å². The molecule has 3 rings (SSSR count). The van der Waals surface area contributed by atoms with Crippen molar-refractivity contribution in [1.29, 1.82) is 0 Å². The summed E-state index contributed by atoms with van der Waals surface area (Å²) in [5.74, 6) is 0.880. The Morgan fingerprint density at radius 2 is 1.87 bits per heavy atom. The zero-order chi connectivity index (χ0) is 16.6. The predicted octanol–water partition coefficient (Wildman–Crippen LogP) is 4.54. The van der Waals surface area contributed by atoms with E-state index in [1.807, 2.05) is 45.0 Å². The van der Waals surface area contributed by atoms with Gasteiger partial charge in [0, 0.05) is 23.8 Å². The van der Waals surface area contributed by atoms with Crippen LogP contribution < -0.4 is 15.4 Å². The minimum atomic E-state index is -0.193. The van der Waals surface area contributed by atoms with Gasteiger partial charge in [-0.05, 0) is 68.3 Å². The lowest BCUT2D eigenvalue weighted by molar-refractivity contribution is 0.131. The van der Waals surface area contributed by atoms with Gasteiger partial charge in [0.25, 0.3) is 0 Å². The van der Waals surface area contributed by atoms with E-state index in [0.29, 0.717) is 6.54 Å². The van der Waals surface area contributed by atoms with E-state index in [0.717, 1.165) is 23.0 Å². The van der Waals surface area contributed by atoms with Gasteiger partial charge in [-0.1, -0.05) is 17.7 Å². The molecule has 0 spiro atoms. The third kappa shape index (κ3) is 3.46. The van der Waals surface area contributed by atoms with Crippen LogP contribution in [0.2, 0.25) is 5.02 Å². The van der Waals surface area contributed by atoms with Crippen LogP contribution in [-0.2, 0) is 6.54 Å². The molecule has 1 unspecified atom stereocenters. The molecule has 0 saturated carbocycles. The summed E-state index contributed by atoms with van der Waals surface area (Å²) in [7, 11) is 0. The molecule has 1 heterocycles. The Balaban J connectivity index is 1.85. The Morgan fingerprint density at radius 1 is 1.17 bits per heavy atom. The third-order valence-electron chi connectivity index (χ3n) is 4.00. The van der Waals surface area contributed by atoms with E-state index in [4.69, 9.17) is 22.1 Å². The molecule has 1 aliphatic heterocycles. The number of nitrogens with zero attached hydrogens (tertiary/aromatic N) is 1. The Labute approximate surface area is 143 Å². The van der Waals surface area contributed by atoms with Crippen molar-refractivity contribution in [3.63, 3.8) is 0 Å². The fourth-order valence-corrected chi connectivity index (χ4v) is 3.25. The fraction of sp³-hybridized carbons (Fsp3) is 0.368. The summed E-state index contributed by atoms with van der Waals surface area (Å²) in [5.41, 5.74) is 9.51. The van der Waals surface area contributed by atoms with E-state index >= 15 is 0 Å². The summed E-state index contributed by atoms with van der Waals surface area (Å²) >= 11 is 6.15. The number of nitrogens with two attached hydrogens (primary N) is 1. The standard InChI is InChI=1S/C19H23ClN2O/c1-19(2,3)23-16-8-6-15(7-9-16)22-12-13-4-5-14(20)10-17(13)18(22)11-21/h4-10,18H,11-12,21H2,1-3H3. The molecule has 2 aromatic carbocycles. The van der Waals surface area contributed by atoms with Gasteiger partial charge in [-0.25, -0.2) is 0 Å². The maximum Gasteiger partial charge on any atom is 0.120 e. The molecule has 3 nitrogen and oxygen atoms in total. The van der Waals surface area contributed by atoms with Gasteiger partial charge in [-0.2, -0.15) is 0 Å². The summed E-state index contributed by atoms with van der Waals surface area (Å²) in [4.78, 5) is 2.32. The van der Waals surface area contributed by atoms with Crippen LogP contribution >= 0.6 is 11.6 Å². The van der Waals surface area contributed by atoms with Gasteiger partial charge in [0.15, 0.2) is 0 Å². The van der Waals surface area contributed by atoms with Gasteiger partial charge in [-0.3, -0.25) is 0 Å². The Kier molecular flexibility index (Phi) is 4.26. The van der Waals surface area contributed by atoms with Crippen LogP contribution in [0.15, 0.2) is 42.5 Å². The van der Waals surface area contributed by atoms with Gasteiger partial charge in [0.2, 0.25) is 0 Å². The normalized spacial score (nSPS) is 17.3. The van der Waals surface area contributed by atoms with Crippen molar-refractivity contribution >= 4 is 17.3 Å².